The summed E-state index contributed by atoms with van der Waals surface area (Å²) in [7, 11) is 2.99. The maximum absolute atomic E-state index is 13.9. The largest absolute Gasteiger partial charge is 0.495 e. The molecule has 2 N–H and O–H groups in total. The number of hydrogen-bond acceptors (Lipinski definition) is 7. The molecule has 1 aliphatic rings. The smallest absolute Gasteiger partial charge is 0.255 e. The standard InChI is InChI=1S/C28H24Cl3N5O4/c1-15-25(27(37)35-22-12-23(38-2)21(31)11-24(22)39-3)26(36-28(34-15)32-14-33-36)16-5-4-6-19(9-16)40-13-17-7-8-18(29)10-20(17)30/h4-12,14,26H,13H2,1-3H3,(H,35,37)(H,32,33,34)/t26-/m0/s1. The summed E-state index contributed by atoms with van der Waals surface area (Å²) in [5.74, 6) is 1.49. The zero-order valence-corrected chi connectivity index (χ0v) is 23.9. The van der Waals surface area contributed by atoms with Crippen LogP contribution in [0.4, 0.5) is 11.6 Å². The summed E-state index contributed by atoms with van der Waals surface area (Å²) >= 11 is 18.6. The zero-order valence-electron chi connectivity index (χ0n) is 21.7. The van der Waals surface area contributed by atoms with Crippen LogP contribution in [-0.4, -0.2) is 34.9 Å². The van der Waals surface area contributed by atoms with Crippen LogP contribution in [0.2, 0.25) is 15.1 Å². The molecular weight excluding hydrogens is 577 g/mol. The SMILES string of the molecule is COc1cc(NC(=O)C2=C(C)Nc3ncnn3[C@H]2c2cccc(OCc3ccc(Cl)cc3Cl)c2)c(OC)cc1Cl. The number of ether oxygens (including phenoxy) is 3. The van der Waals surface area contributed by atoms with E-state index >= 15 is 0 Å². The number of rotatable bonds is 8. The van der Waals surface area contributed by atoms with E-state index in [-0.39, 0.29) is 12.5 Å². The number of benzene rings is 3. The van der Waals surface area contributed by atoms with Gasteiger partial charge >= 0.3 is 0 Å². The van der Waals surface area contributed by atoms with E-state index in [4.69, 9.17) is 49.0 Å². The van der Waals surface area contributed by atoms with E-state index < -0.39 is 6.04 Å². The van der Waals surface area contributed by atoms with Crippen molar-refractivity contribution in [3.8, 4) is 17.2 Å². The Kier molecular flexibility index (Phi) is 8.07. The molecule has 0 spiro atoms. The molecule has 1 aromatic heterocycles. The lowest BCUT2D eigenvalue weighted by Crippen LogP contribution is -2.31. The number of nitrogens with one attached hydrogen (secondary N) is 2. The molecule has 0 bridgehead atoms. The first-order chi connectivity index (χ1) is 19.3. The van der Waals surface area contributed by atoms with E-state index in [0.29, 0.717) is 55.2 Å². The highest BCUT2D eigenvalue weighted by molar-refractivity contribution is 6.35. The summed E-state index contributed by atoms with van der Waals surface area (Å²) < 4.78 is 18.5. The van der Waals surface area contributed by atoms with Gasteiger partial charge in [-0.1, -0.05) is 53.0 Å². The average Bonchev–Trinajstić information content (AvgIpc) is 3.40. The molecular formula is C28H24Cl3N5O4. The summed E-state index contributed by atoms with van der Waals surface area (Å²) in [6, 6.07) is 15.3. The molecule has 206 valence electrons. The van der Waals surface area contributed by atoms with Crippen LogP contribution >= 0.6 is 34.8 Å². The van der Waals surface area contributed by atoms with Gasteiger partial charge < -0.3 is 24.8 Å². The van der Waals surface area contributed by atoms with Crippen LogP contribution in [0.15, 0.2) is 72.2 Å². The van der Waals surface area contributed by atoms with Gasteiger partial charge in [-0.3, -0.25) is 4.79 Å². The molecule has 5 rings (SSSR count). The molecule has 0 fully saturated rings. The van der Waals surface area contributed by atoms with Crippen LogP contribution in [0.1, 0.15) is 24.1 Å². The molecule has 1 aliphatic heterocycles. The summed E-state index contributed by atoms with van der Waals surface area (Å²) in [4.78, 5) is 18.2. The van der Waals surface area contributed by atoms with E-state index in [1.165, 1.54) is 20.5 Å². The normalized spacial score (nSPS) is 14.3. The molecule has 9 nitrogen and oxygen atoms in total. The van der Waals surface area contributed by atoms with Gasteiger partial charge in [-0.25, -0.2) is 4.68 Å². The topological polar surface area (TPSA) is 99.5 Å². The summed E-state index contributed by atoms with van der Waals surface area (Å²) in [5.41, 5.74) is 2.99. The van der Waals surface area contributed by atoms with Crippen LogP contribution in [-0.2, 0) is 11.4 Å². The van der Waals surface area contributed by atoms with Crippen molar-refractivity contribution in [1.82, 2.24) is 14.8 Å². The third kappa shape index (κ3) is 5.54. The lowest BCUT2D eigenvalue weighted by Gasteiger charge is -2.29. The molecule has 1 amide bonds. The Bertz CT molecular complexity index is 1620. The number of fused-ring (bicyclic) bond motifs is 1. The highest BCUT2D eigenvalue weighted by Crippen LogP contribution is 2.39. The Morgan fingerprint density at radius 1 is 1.02 bits per heavy atom. The molecule has 0 unspecified atom stereocenters. The quantitative estimate of drug-likeness (QED) is 0.230. The van der Waals surface area contributed by atoms with Crippen LogP contribution in [0.5, 0.6) is 17.2 Å². The molecule has 40 heavy (non-hydrogen) atoms. The molecule has 1 atom stereocenters. The zero-order chi connectivity index (χ0) is 28.4. The van der Waals surface area contributed by atoms with Crippen molar-refractivity contribution in [2.24, 2.45) is 0 Å². The van der Waals surface area contributed by atoms with Crippen molar-refractivity contribution >= 4 is 52.3 Å². The number of allylic oxidation sites excluding steroid dienone is 1. The maximum atomic E-state index is 13.9. The molecule has 0 aliphatic carbocycles. The number of methoxy groups -OCH3 is 2. The first-order valence-electron chi connectivity index (χ1n) is 12.1. The number of aromatic nitrogens is 3. The summed E-state index contributed by atoms with van der Waals surface area (Å²) in [5, 5.41) is 11.9. The minimum absolute atomic E-state index is 0.237. The number of anilines is 2. The lowest BCUT2D eigenvalue weighted by atomic mass is 9.94. The Morgan fingerprint density at radius 3 is 2.58 bits per heavy atom. The van der Waals surface area contributed by atoms with Crippen LogP contribution in [0.3, 0.4) is 0 Å². The molecule has 0 saturated carbocycles. The van der Waals surface area contributed by atoms with Crippen molar-refractivity contribution in [1.29, 1.82) is 0 Å². The molecule has 0 radical (unpaired) electrons. The fourth-order valence-corrected chi connectivity index (χ4v) is 5.11. The number of carbonyl (C=O) groups is 1. The molecule has 4 aromatic rings. The highest BCUT2D eigenvalue weighted by atomic mass is 35.5. The Hall–Kier alpha value is -3.92. The first kappa shape index (κ1) is 27.6. The summed E-state index contributed by atoms with van der Waals surface area (Å²) in [6.45, 7) is 2.04. The molecule has 2 heterocycles. The second kappa shape index (κ2) is 11.7. The van der Waals surface area contributed by atoms with E-state index in [2.05, 4.69) is 20.7 Å². The Morgan fingerprint density at radius 2 is 1.82 bits per heavy atom. The predicted octanol–water partition coefficient (Wildman–Crippen LogP) is 6.76. The second-order valence-corrected chi connectivity index (χ2v) is 10.1. The lowest BCUT2D eigenvalue weighted by molar-refractivity contribution is -0.113. The van der Waals surface area contributed by atoms with Gasteiger partial charge in [0.15, 0.2) is 0 Å². The van der Waals surface area contributed by atoms with Gasteiger partial charge in [0.05, 0.1) is 30.5 Å². The maximum Gasteiger partial charge on any atom is 0.255 e. The van der Waals surface area contributed by atoms with Crippen molar-refractivity contribution in [2.75, 3.05) is 24.9 Å². The summed E-state index contributed by atoms with van der Waals surface area (Å²) in [6.07, 6.45) is 1.43. The van der Waals surface area contributed by atoms with Crippen LogP contribution < -0.4 is 24.8 Å². The molecule has 12 heteroatoms. The molecule has 0 saturated heterocycles. The Labute approximate surface area is 245 Å². The number of halogens is 3. The molecule has 3 aromatic carbocycles. The predicted molar refractivity (Wildman–Crippen MR) is 155 cm³/mol. The Balaban J connectivity index is 1.48. The monoisotopic (exact) mass is 599 g/mol. The number of amides is 1. The van der Waals surface area contributed by atoms with Gasteiger partial charge in [0.2, 0.25) is 5.95 Å². The van der Waals surface area contributed by atoms with E-state index in [1.54, 1.807) is 28.9 Å². The van der Waals surface area contributed by atoms with Crippen LogP contribution in [0.25, 0.3) is 0 Å². The third-order valence-corrected chi connectivity index (χ3v) is 7.23. The minimum Gasteiger partial charge on any atom is -0.495 e. The average molecular weight is 601 g/mol. The van der Waals surface area contributed by atoms with Crippen molar-refractivity contribution in [3.63, 3.8) is 0 Å². The van der Waals surface area contributed by atoms with Gasteiger partial charge in [0.25, 0.3) is 5.91 Å². The first-order valence-corrected chi connectivity index (χ1v) is 13.2. The van der Waals surface area contributed by atoms with Gasteiger partial charge in [-0.15, -0.1) is 0 Å². The fourth-order valence-electron chi connectivity index (χ4n) is 4.42. The van der Waals surface area contributed by atoms with Gasteiger partial charge in [-0.05, 0) is 36.8 Å². The van der Waals surface area contributed by atoms with Gasteiger partial charge in [-0.2, -0.15) is 10.1 Å². The van der Waals surface area contributed by atoms with Crippen molar-refractivity contribution < 1.29 is 19.0 Å². The number of nitrogens with zero attached hydrogens (tertiary/aromatic N) is 3. The van der Waals surface area contributed by atoms with E-state index in [9.17, 15) is 4.79 Å². The van der Waals surface area contributed by atoms with Crippen molar-refractivity contribution in [2.45, 2.75) is 19.6 Å². The van der Waals surface area contributed by atoms with E-state index in [1.807, 2.05) is 37.3 Å². The third-order valence-electron chi connectivity index (χ3n) is 6.34. The number of hydrogen-bond donors (Lipinski definition) is 2. The van der Waals surface area contributed by atoms with Gasteiger partial charge in [0.1, 0.15) is 36.2 Å². The minimum atomic E-state index is -0.610. The highest BCUT2D eigenvalue weighted by Gasteiger charge is 2.34. The van der Waals surface area contributed by atoms with E-state index in [0.717, 1.165) is 11.1 Å². The van der Waals surface area contributed by atoms with Crippen molar-refractivity contribution in [3.05, 3.63) is 98.4 Å². The second-order valence-electron chi connectivity index (χ2n) is 8.83. The van der Waals surface area contributed by atoms with Crippen LogP contribution in [0, 0.1) is 0 Å². The number of carbonyl (C=O) groups excluding carboxylic acids is 1. The fraction of sp³-hybridized carbons (Fsp3) is 0.179. The van der Waals surface area contributed by atoms with Gasteiger partial charge in [0, 0.05) is 33.4 Å².